The van der Waals surface area contributed by atoms with Crippen molar-refractivity contribution in [2.75, 3.05) is 19.3 Å². The minimum Gasteiger partial charge on any atom is -0.322 e. The average Bonchev–Trinajstić information content (AvgIpc) is 2.52. The number of carbonyl (C=O) groups excluding carboxylic acids is 3. The Hall–Kier alpha value is -2.62. The van der Waals surface area contributed by atoms with Crippen LogP contribution in [-0.4, -0.2) is 54.9 Å². The van der Waals surface area contributed by atoms with Gasteiger partial charge in [0.15, 0.2) is 0 Å². The SMILES string of the molecule is CS(=O)(=O)N1CCCN(C(=O)NC(C([NH])=O)c2ccccc2)C1=O. The molecule has 1 radical (unpaired) electrons. The van der Waals surface area contributed by atoms with Crippen molar-refractivity contribution in [1.29, 1.82) is 0 Å². The molecule has 24 heavy (non-hydrogen) atoms. The number of hydrogen-bond acceptors (Lipinski definition) is 5. The lowest BCUT2D eigenvalue weighted by Gasteiger charge is -2.33. The van der Waals surface area contributed by atoms with E-state index < -0.39 is 34.0 Å². The Balaban J connectivity index is 2.18. The first-order valence-electron chi connectivity index (χ1n) is 7.12. The van der Waals surface area contributed by atoms with Gasteiger partial charge >= 0.3 is 12.1 Å². The van der Waals surface area contributed by atoms with E-state index in [1.165, 1.54) is 0 Å². The average molecular weight is 353 g/mol. The van der Waals surface area contributed by atoms with E-state index in [-0.39, 0.29) is 19.5 Å². The van der Waals surface area contributed by atoms with E-state index in [0.717, 1.165) is 11.2 Å². The van der Waals surface area contributed by atoms with Crippen LogP contribution in [0.4, 0.5) is 9.59 Å². The molecule has 1 unspecified atom stereocenters. The van der Waals surface area contributed by atoms with Gasteiger partial charge < -0.3 is 5.32 Å². The minimum atomic E-state index is -3.78. The highest BCUT2D eigenvalue weighted by atomic mass is 32.2. The molecule has 0 saturated carbocycles. The zero-order valence-corrected chi connectivity index (χ0v) is 13.7. The van der Waals surface area contributed by atoms with Crippen LogP contribution in [0.25, 0.3) is 0 Å². The summed E-state index contributed by atoms with van der Waals surface area (Å²) in [6.07, 6.45) is 1.17. The molecule has 9 nitrogen and oxygen atoms in total. The molecule has 0 bridgehead atoms. The number of sulfonamides is 1. The molecule has 1 fully saturated rings. The summed E-state index contributed by atoms with van der Waals surface area (Å²) < 4.78 is 23.8. The van der Waals surface area contributed by atoms with Crippen LogP contribution >= 0.6 is 0 Å². The fourth-order valence-electron chi connectivity index (χ4n) is 2.34. The van der Waals surface area contributed by atoms with Crippen molar-refractivity contribution in [1.82, 2.24) is 20.3 Å². The van der Waals surface area contributed by atoms with Crippen molar-refractivity contribution in [3.63, 3.8) is 0 Å². The largest absolute Gasteiger partial charge is 0.341 e. The van der Waals surface area contributed by atoms with Crippen LogP contribution in [0.1, 0.15) is 18.0 Å². The molecule has 2 N–H and O–H groups in total. The van der Waals surface area contributed by atoms with Gasteiger partial charge in [0.05, 0.1) is 6.26 Å². The number of rotatable bonds is 4. The van der Waals surface area contributed by atoms with Crippen molar-refractivity contribution in [2.45, 2.75) is 12.5 Å². The molecule has 5 amide bonds. The fraction of sp³-hybridized carbons (Fsp3) is 0.357. The van der Waals surface area contributed by atoms with Gasteiger partial charge in [0.2, 0.25) is 10.0 Å². The van der Waals surface area contributed by atoms with Gasteiger partial charge in [0, 0.05) is 13.1 Å². The summed E-state index contributed by atoms with van der Waals surface area (Å²) in [5.41, 5.74) is 7.70. The molecule has 0 aromatic heterocycles. The summed E-state index contributed by atoms with van der Waals surface area (Å²) in [6, 6.07) is 5.03. The first kappa shape index (κ1) is 17.7. The maximum atomic E-state index is 12.3. The van der Waals surface area contributed by atoms with Gasteiger partial charge in [0.25, 0.3) is 5.91 Å². The molecular formula is C14H17N4O5S. The minimum absolute atomic E-state index is 0.000928. The van der Waals surface area contributed by atoms with E-state index in [1.54, 1.807) is 30.3 Å². The normalized spacial score (nSPS) is 16.6. The lowest BCUT2D eigenvalue weighted by molar-refractivity contribution is -0.120. The number of carbonyl (C=O) groups is 3. The third-order valence-electron chi connectivity index (χ3n) is 3.50. The van der Waals surface area contributed by atoms with E-state index in [2.05, 4.69) is 5.32 Å². The summed E-state index contributed by atoms with van der Waals surface area (Å²) in [5, 5.41) is 2.31. The molecule has 2 rings (SSSR count). The highest BCUT2D eigenvalue weighted by molar-refractivity contribution is 7.88. The van der Waals surface area contributed by atoms with Crippen molar-refractivity contribution in [3.8, 4) is 0 Å². The molecule has 10 heteroatoms. The molecule has 1 atom stereocenters. The Kier molecular flexibility index (Phi) is 5.07. The smallest absolute Gasteiger partial charge is 0.322 e. The third-order valence-corrected chi connectivity index (χ3v) is 4.63. The van der Waals surface area contributed by atoms with Gasteiger partial charge in [-0.1, -0.05) is 30.3 Å². The highest BCUT2D eigenvalue weighted by Crippen LogP contribution is 2.16. The lowest BCUT2D eigenvalue weighted by atomic mass is 10.1. The van der Waals surface area contributed by atoms with Gasteiger partial charge in [-0.3, -0.25) is 10.5 Å². The summed E-state index contributed by atoms with van der Waals surface area (Å²) in [7, 11) is -3.78. The Labute approximate surface area is 139 Å². The maximum Gasteiger partial charge on any atom is 0.341 e. The highest BCUT2D eigenvalue weighted by Gasteiger charge is 2.36. The molecule has 129 valence electrons. The van der Waals surface area contributed by atoms with E-state index in [9.17, 15) is 22.8 Å². The maximum absolute atomic E-state index is 12.3. The molecule has 1 aliphatic heterocycles. The quantitative estimate of drug-likeness (QED) is 0.834. The molecular weight excluding hydrogens is 336 g/mol. The first-order valence-corrected chi connectivity index (χ1v) is 8.96. The van der Waals surface area contributed by atoms with Gasteiger partial charge in [-0.25, -0.2) is 27.2 Å². The van der Waals surface area contributed by atoms with Crippen LogP contribution in [-0.2, 0) is 14.8 Å². The van der Waals surface area contributed by atoms with Crippen LogP contribution in [0.5, 0.6) is 0 Å². The molecule has 1 heterocycles. The van der Waals surface area contributed by atoms with Crippen LogP contribution in [0.15, 0.2) is 30.3 Å². The second-order valence-electron chi connectivity index (χ2n) is 5.28. The Morgan fingerprint density at radius 2 is 1.83 bits per heavy atom. The topological polar surface area (TPSA) is 128 Å². The zero-order valence-electron chi connectivity index (χ0n) is 12.9. The van der Waals surface area contributed by atoms with Crippen LogP contribution in [0, 0.1) is 0 Å². The predicted molar refractivity (Wildman–Crippen MR) is 84.1 cm³/mol. The number of benzene rings is 1. The zero-order chi connectivity index (χ0) is 17.9. The summed E-state index contributed by atoms with van der Waals surface area (Å²) in [5.74, 6) is -1.04. The number of nitrogens with zero attached hydrogens (tertiary/aromatic N) is 2. The predicted octanol–water partition coefficient (Wildman–Crippen LogP) is 0.334. The van der Waals surface area contributed by atoms with Crippen molar-refractivity contribution in [3.05, 3.63) is 35.9 Å². The second-order valence-corrected chi connectivity index (χ2v) is 7.19. The number of urea groups is 2. The number of nitrogens with one attached hydrogen (secondary N) is 2. The Bertz CT molecular complexity index is 750. The molecule has 0 aliphatic carbocycles. The van der Waals surface area contributed by atoms with Gasteiger partial charge in [0.1, 0.15) is 6.04 Å². The molecule has 1 aromatic rings. The van der Waals surface area contributed by atoms with Crippen molar-refractivity contribution < 1.29 is 22.8 Å². The van der Waals surface area contributed by atoms with Crippen LogP contribution < -0.4 is 11.1 Å². The number of hydrogen-bond donors (Lipinski definition) is 1. The van der Waals surface area contributed by atoms with E-state index >= 15 is 0 Å². The van der Waals surface area contributed by atoms with Crippen LogP contribution in [0.2, 0.25) is 0 Å². The van der Waals surface area contributed by atoms with Gasteiger partial charge in [-0.05, 0) is 12.0 Å². The third kappa shape index (κ3) is 3.82. The van der Waals surface area contributed by atoms with Gasteiger partial charge in [-0.15, -0.1) is 0 Å². The standard InChI is InChI=1S/C14H17N4O5S/c1-24(22,23)18-9-5-8-17(14(18)21)13(20)16-11(12(15)19)10-6-3-2-4-7-10/h2-4,6-7,11,15H,5,8-9H2,1H3,(H,16,20). The number of amides is 5. The summed E-state index contributed by atoms with van der Waals surface area (Å²) >= 11 is 0. The monoisotopic (exact) mass is 353 g/mol. The molecule has 0 spiro atoms. The van der Waals surface area contributed by atoms with E-state index in [0.29, 0.717) is 9.87 Å². The lowest BCUT2D eigenvalue weighted by Crippen LogP contribution is -2.56. The second kappa shape index (κ2) is 6.87. The van der Waals surface area contributed by atoms with Crippen molar-refractivity contribution >= 4 is 28.0 Å². The Morgan fingerprint density at radius 3 is 2.38 bits per heavy atom. The molecule has 1 aromatic carbocycles. The first-order chi connectivity index (χ1) is 11.2. The molecule has 1 saturated heterocycles. The summed E-state index contributed by atoms with van der Waals surface area (Å²) in [4.78, 5) is 36.7. The fourth-order valence-corrected chi connectivity index (χ4v) is 3.18. The van der Waals surface area contributed by atoms with E-state index in [4.69, 9.17) is 5.73 Å². The van der Waals surface area contributed by atoms with Gasteiger partial charge in [-0.2, -0.15) is 0 Å². The van der Waals surface area contributed by atoms with E-state index in [1.807, 2.05) is 0 Å². The van der Waals surface area contributed by atoms with Crippen molar-refractivity contribution in [2.24, 2.45) is 0 Å². The van der Waals surface area contributed by atoms with Crippen LogP contribution in [0.3, 0.4) is 0 Å². The molecule has 1 aliphatic rings. The number of imide groups is 1. The Morgan fingerprint density at radius 1 is 1.21 bits per heavy atom. The summed E-state index contributed by atoms with van der Waals surface area (Å²) in [6.45, 7) is 0.0331.